The van der Waals surface area contributed by atoms with E-state index in [0.717, 1.165) is 13.1 Å². The third kappa shape index (κ3) is 2.10. The zero-order valence-corrected chi connectivity index (χ0v) is 9.37. The largest absolute Gasteiger partial charge is 0.371 e. The summed E-state index contributed by atoms with van der Waals surface area (Å²) in [7, 11) is 2.19. The van der Waals surface area contributed by atoms with Gasteiger partial charge in [0.15, 0.2) is 0 Å². The molecular formula is C11H21N3. The number of nitrogens with zero attached hydrogens (tertiary/aromatic N) is 3. The molecule has 0 saturated carbocycles. The highest BCUT2D eigenvalue weighted by atomic mass is 15.3. The Bertz CT molecular complexity index is 217. The Morgan fingerprint density at radius 3 is 2.43 bits per heavy atom. The van der Waals surface area contributed by atoms with E-state index in [1.165, 1.54) is 32.7 Å². The van der Waals surface area contributed by atoms with E-state index in [9.17, 15) is 0 Å². The molecule has 0 amide bonds. The maximum absolute atomic E-state index is 2.55. The molecule has 3 heteroatoms. The number of hydrogen-bond acceptors (Lipinski definition) is 3. The van der Waals surface area contributed by atoms with E-state index in [4.69, 9.17) is 0 Å². The molecule has 0 aromatic heterocycles. The first-order valence-corrected chi connectivity index (χ1v) is 5.64. The smallest absolute Gasteiger partial charge is 0.0381 e. The van der Waals surface area contributed by atoms with Crippen molar-refractivity contribution in [2.45, 2.75) is 6.92 Å². The fourth-order valence-electron chi connectivity index (χ4n) is 2.25. The van der Waals surface area contributed by atoms with E-state index in [-0.39, 0.29) is 0 Å². The predicted molar refractivity (Wildman–Crippen MR) is 59.3 cm³/mol. The number of likely N-dealkylation sites (N-methyl/N-ethyl adjacent to an activating group) is 2. The van der Waals surface area contributed by atoms with E-state index in [0.29, 0.717) is 0 Å². The topological polar surface area (TPSA) is 9.72 Å². The lowest BCUT2D eigenvalue weighted by molar-refractivity contribution is 0.161. The minimum absolute atomic E-state index is 1.13. The van der Waals surface area contributed by atoms with Crippen LogP contribution in [0.5, 0.6) is 0 Å². The first kappa shape index (κ1) is 9.99. The molecule has 1 fully saturated rings. The zero-order valence-electron chi connectivity index (χ0n) is 9.37. The fourth-order valence-corrected chi connectivity index (χ4v) is 2.25. The number of hydrogen-bond donors (Lipinski definition) is 0. The van der Waals surface area contributed by atoms with Crippen LogP contribution in [0.1, 0.15) is 6.92 Å². The van der Waals surface area contributed by atoms with Gasteiger partial charge >= 0.3 is 0 Å². The summed E-state index contributed by atoms with van der Waals surface area (Å²) in [5, 5.41) is 0. The average Bonchev–Trinajstić information content (AvgIpc) is 2.65. The van der Waals surface area contributed by atoms with Crippen molar-refractivity contribution >= 4 is 0 Å². The molecule has 2 heterocycles. The highest BCUT2D eigenvalue weighted by Gasteiger charge is 2.20. The van der Waals surface area contributed by atoms with Crippen LogP contribution in [-0.4, -0.2) is 67.6 Å². The van der Waals surface area contributed by atoms with Crippen molar-refractivity contribution in [2.75, 3.05) is 52.9 Å². The Morgan fingerprint density at radius 1 is 1.21 bits per heavy atom. The standard InChI is InChI=1S/C11H21N3/c1-3-13-6-8-14(9-7-13)11-4-5-12(2)10-11/h4H,3,5-10H2,1-2H3. The molecule has 0 aromatic carbocycles. The molecule has 14 heavy (non-hydrogen) atoms. The fraction of sp³-hybridized carbons (Fsp3) is 0.818. The van der Waals surface area contributed by atoms with Crippen LogP contribution >= 0.6 is 0 Å². The first-order valence-electron chi connectivity index (χ1n) is 5.64. The molecule has 0 unspecified atom stereocenters. The molecule has 80 valence electrons. The van der Waals surface area contributed by atoms with Gasteiger partial charge in [0.1, 0.15) is 0 Å². The van der Waals surface area contributed by atoms with Crippen molar-refractivity contribution in [1.29, 1.82) is 0 Å². The van der Waals surface area contributed by atoms with Gasteiger partial charge in [-0.05, 0) is 19.7 Å². The van der Waals surface area contributed by atoms with Crippen molar-refractivity contribution in [3.8, 4) is 0 Å². The van der Waals surface area contributed by atoms with Crippen LogP contribution in [0.3, 0.4) is 0 Å². The van der Waals surface area contributed by atoms with Crippen molar-refractivity contribution in [3.63, 3.8) is 0 Å². The van der Waals surface area contributed by atoms with Crippen LogP contribution in [0.15, 0.2) is 11.8 Å². The van der Waals surface area contributed by atoms with E-state index >= 15 is 0 Å². The van der Waals surface area contributed by atoms with Crippen molar-refractivity contribution < 1.29 is 0 Å². The lowest BCUT2D eigenvalue weighted by Crippen LogP contribution is -2.46. The number of piperazine rings is 1. The van der Waals surface area contributed by atoms with Gasteiger partial charge in [-0.1, -0.05) is 6.92 Å². The van der Waals surface area contributed by atoms with Gasteiger partial charge in [0.25, 0.3) is 0 Å². The lowest BCUT2D eigenvalue weighted by atomic mass is 10.3. The Hall–Kier alpha value is -0.540. The molecule has 0 aromatic rings. The Morgan fingerprint density at radius 2 is 1.93 bits per heavy atom. The third-order valence-electron chi connectivity index (χ3n) is 3.30. The minimum Gasteiger partial charge on any atom is -0.371 e. The molecule has 2 aliphatic rings. The molecule has 0 atom stereocenters. The molecule has 2 aliphatic heterocycles. The van der Waals surface area contributed by atoms with Crippen LogP contribution in [0, 0.1) is 0 Å². The maximum Gasteiger partial charge on any atom is 0.0381 e. The maximum atomic E-state index is 2.55. The van der Waals surface area contributed by atoms with Crippen LogP contribution in [0.4, 0.5) is 0 Å². The SMILES string of the molecule is CCN1CCN(C2=CCN(C)C2)CC1. The average molecular weight is 195 g/mol. The van der Waals surface area contributed by atoms with Gasteiger partial charge in [-0.15, -0.1) is 0 Å². The minimum atomic E-state index is 1.13. The van der Waals surface area contributed by atoms with E-state index in [1.807, 2.05) is 0 Å². The molecule has 0 aliphatic carbocycles. The monoisotopic (exact) mass is 195 g/mol. The van der Waals surface area contributed by atoms with Crippen molar-refractivity contribution in [1.82, 2.24) is 14.7 Å². The van der Waals surface area contributed by atoms with Gasteiger partial charge in [-0.2, -0.15) is 0 Å². The summed E-state index contributed by atoms with van der Waals surface area (Å²) in [6.45, 7) is 10.6. The molecular weight excluding hydrogens is 174 g/mol. The van der Waals surface area contributed by atoms with E-state index in [2.05, 4.69) is 34.7 Å². The summed E-state index contributed by atoms with van der Waals surface area (Å²) in [5.74, 6) is 0. The predicted octanol–water partition coefficient (Wildman–Crippen LogP) is 0.453. The van der Waals surface area contributed by atoms with Crippen molar-refractivity contribution in [3.05, 3.63) is 11.8 Å². The Kier molecular flexibility index (Phi) is 3.08. The van der Waals surface area contributed by atoms with Gasteiger partial charge < -0.3 is 9.80 Å². The molecule has 0 N–H and O–H groups in total. The Balaban J connectivity index is 1.84. The first-order chi connectivity index (χ1) is 6.79. The summed E-state index contributed by atoms with van der Waals surface area (Å²) in [5.41, 5.74) is 1.54. The Labute approximate surface area is 87.0 Å². The summed E-state index contributed by atoms with van der Waals surface area (Å²) in [6, 6.07) is 0. The quantitative estimate of drug-likeness (QED) is 0.633. The zero-order chi connectivity index (χ0) is 9.97. The molecule has 0 spiro atoms. The second kappa shape index (κ2) is 4.32. The molecule has 0 bridgehead atoms. The second-order valence-electron chi connectivity index (χ2n) is 4.31. The summed E-state index contributed by atoms with van der Waals surface area (Å²) >= 11 is 0. The molecule has 3 nitrogen and oxygen atoms in total. The van der Waals surface area contributed by atoms with Gasteiger partial charge in [0, 0.05) is 45.0 Å². The number of rotatable bonds is 2. The lowest BCUT2D eigenvalue weighted by Gasteiger charge is -2.36. The van der Waals surface area contributed by atoms with Gasteiger partial charge in [0.2, 0.25) is 0 Å². The van der Waals surface area contributed by atoms with Crippen molar-refractivity contribution in [2.24, 2.45) is 0 Å². The third-order valence-corrected chi connectivity index (χ3v) is 3.30. The normalized spacial score (nSPS) is 25.6. The van der Waals surface area contributed by atoms with Crippen LogP contribution in [-0.2, 0) is 0 Å². The van der Waals surface area contributed by atoms with E-state index < -0.39 is 0 Å². The van der Waals surface area contributed by atoms with Gasteiger partial charge in [-0.3, -0.25) is 4.90 Å². The highest BCUT2D eigenvalue weighted by Crippen LogP contribution is 2.14. The van der Waals surface area contributed by atoms with Crippen LogP contribution in [0.25, 0.3) is 0 Å². The summed E-state index contributed by atoms with van der Waals surface area (Å²) in [4.78, 5) is 7.44. The molecule has 1 saturated heterocycles. The summed E-state index contributed by atoms with van der Waals surface area (Å²) in [6.07, 6.45) is 2.38. The van der Waals surface area contributed by atoms with Crippen LogP contribution in [0.2, 0.25) is 0 Å². The molecule has 2 rings (SSSR count). The molecule has 0 radical (unpaired) electrons. The second-order valence-corrected chi connectivity index (χ2v) is 4.31. The highest BCUT2D eigenvalue weighted by molar-refractivity contribution is 5.11. The van der Waals surface area contributed by atoms with Gasteiger partial charge in [-0.25, -0.2) is 0 Å². The van der Waals surface area contributed by atoms with Gasteiger partial charge in [0.05, 0.1) is 0 Å². The summed E-state index contributed by atoms with van der Waals surface area (Å²) < 4.78 is 0. The van der Waals surface area contributed by atoms with Crippen LogP contribution < -0.4 is 0 Å². The van der Waals surface area contributed by atoms with E-state index in [1.54, 1.807) is 5.70 Å².